The van der Waals surface area contributed by atoms with Crippen LogP contribution in [0.5, 0.6) is 11.6 Å². The number of sulfone groups is 1. The second-order valence-electron chi connectivity index (χ2n) is 4.63. The first-order valence-corrected chi connectivity index (χ1v) is 8.52. The van der Waals surface area contributed by atoms with Crippen LogP contribution in [-0.2, 0) is 16.4 Å². The smallest absolute Gasteiger partial charge is 0.219 e. The van der Waals surface area contributed by atoms with Gasteiger partial charge in [-0.05, 0) is 36.4 Å². The monoisotopic (exact) mass is 306 g/mol. The van der Waals surface area contributed by atoms with Crippen molar-refractivity contribution >= 4 is 9.84 Å². The van der Waals surface area contributed by atoms with E-state index in [0.717, 1.165) is 18.7 Å². The maximum Gasteiger partial charge on any atom is 0.219 e. The minimum atomic E-state index is -3.25. The molecule has 1 aromatic heterocycles. The van der Waals surface area contributed by atoms with E-state index < -0.39 is 9.84 Å². The van der Waals surface area contributed by atoms with E-state index in [2.05, 4.69) is 10.3 Å². The van der Waals surface area contributed by atoms with Gasteiger partial charge in [-0.15, -0.1) is 0 Å². The SMILES string of the molecule is CCNCc1ccnc(Oc2cccc(S(C)(=O)=O)c2)c1. The average molecular weight is 306 g/mol. The minimum Gasteiger partial charge on any atom is -0.439 e. The summed E-state index contributed by atoms with van der Waals surface area (Å²) in [6, 6.07) is 10.1. The summed E-state index contributed by atoms with van der Waals surface area (Å²) >= 11 is 0. The zero-order valence-corrected chi connectivity index (χ0v) is 12.9. The van der Waals surface area contributed by atoms with Gasteiger partial charge >= 0.3 is 0 Å². The van der Waals surface area contributed by atoms with E-state index in [4.69, 9.17) is 4.74 Å². The molecular weight excluding hydrogens is 288 g/mol. The fourth-order valence-corrected chi connectivity index (χ4v) is 2.43. The summed E-state index contributed by atoms with van der Waals surface area (Å²) < 4.78 is 28.7. The molecule has 6 heteroatoms. The van der Waals surface area contributed by atoms with Crippen molar-refractivity contribution in [1.82, 2.24) is 10.3 Å². The lowest BCUT2D eigenvalue weighted by Gasteiger charge is -2.08. The van der Waals surface area contributed by atoms with Crippen LogP contribution in [0.25, 0.3) is 0 Å². The third kappa shape index (κ3) is 4.54. The van der Waals surface area contributed by atoms with Crippen LogP contribution in [0.15, 0.2) is 47.5 Å². The van der Waals surface area contributed by atoms with E-state index in [0.29, 0.717) is 11.6 Å². The summed E-state index contributed by atoms with van der Waals surface area (Å²) in [5, 5.41) is 3.22. The van der Waals surface area contributed by atoms with Gasteiger partial charge in [0.15, 0.2) is 9.84 Å². The van der Waals surface area contributed by atoms with Crippen LogP contribution in [0.4, 0.5) is 0 Å². The molecule has 0 aliphatic rings. The molecule has 0 bridgehead atoms. The van der Waals surface area contributed by atoms with E-state index >= 15 is 0 Å². The Morgan fingerprint density at radius 1 is 1.24 bits per heavy atom. The highest BCUT2D eigenvalue weighted by atomic mass is 32.2. The number of pyridine rings is 1. The van der Waals surface area contributed by atoms with E-state index in [-0.39, 0.29) is 4.90 Å². The Hall–Kier alpha value is -1.92. The molecule has 2 aromatic rings. The van der Waals surface area contributed by atoms with E-state index in [1.165, 1.54) is 18.4 Å². The lowest BCUT2D eigenvalue weighted by molar-refractivity contribution is 0.460. The molecule has 1 N–H and O–H groups in total. The van der Waals surface area contributed by atoms with Crippen molar-refractivity contribution in [1.29, 1.82) is 0 Å². The third-order valence-corrected chi connectivity index (χ3v) is 3.94. The second kappa shape index (κ2) is 6.69. The number of benzene rings is 1. The number of aromatic nitrogens is 1. The van der Waals surface area contributed by atoms with Gasteiger partial charge in [0, 0.05) is 25.1 Å². The van der Waals surface area contributed by atoms with Crippen LogP contribution < -0.4 is 10.1 Å². The first-order valence-electron chi connectivity index (χ1n) is 6.62. The predicted octanol–water partition coefficient (Wildman–Crippen LogP) is 2.39. The van der Waals surface area contributed by atoms with Crippen molar-refractivity contribution in [3.8, 4) is 11.6 Å². The number of nitrogens with zero attached hydrogens (tertiary/aromatic N) is 1. The average Bonchev–Trinajstić information content (AvgIpc) is 2.45. The molecule has 21 heavy (non-hydrogen) atoms. The number of nitrogens with one attached hydrogen (secondary N) is 1. The molecule has 0 unspecified atom stereocenters. The molecule has 0 fully saturated rings. The molecule has 0 atom stereocenters. The van der Waals surface area contributed by atoms with Crippen molar-refractivity contribution in [3.63, 3.8) is 0 Å². The van der Waals surface area contributed by atoms with Gasteiger partial charge in [-0.3, -0.25) is 0 Å². The highest BCUT2D eigenvalue weighted by molar-refractivity contribution is 7.90. The quantitative estimate of drug-likeness (QED) is 0.887. The standard InChI is InChI=1S/C15H18N2O3S/c1-3-16-11-12-7-8-17-15(9-12)20-13-5-4-6-14(10-13)21(2,18)19/h4-10,16H,3,11H2,1-2H3. The van der Waals surface area contributed by atoms with Gasteiger partial charge in [-0.2, -0.15) is 0 Å². The van der Waals surface area contributed by atoms with Crippen molar-refractivity contribution in [2.75, 3.05) is 12.8 Å². The van der Waals surface area contributed by atoms with Gasteiger partial charge in [-0.1, -0.05) is 13.0 Å². The lowest BCUT2D eigenvalue weighted by Crippen LogP contribution is -2.11. The Balaban J connectivity index is 2.18. The summed E-state index contributed by atoms with van der Waals surface area (Å²) in [6.07, 6.45) is 2.84. The Labute approximate surface area is 124 Å². The fourth-order valence-electron chi connectivity index (χ4n) is 1.77. The molecule has 1 aromatic carbocycles. The molecule has 0 aliphatic heterocycles. The molecule has 1 heterocycles. The van der Waals surface area contributed by atoms with Crippen molar-refractivity contribution < 1.29 is 13.2 Å². The highest BCUT2D eigenvalue weighted by Crippen LogP contribution is 2.23. The first-order chi connectivity index (χ1) is 9.99. The maximum atomic E-state index is 11.5. The topological polar surface area (TPSA) is 68.3 Å². The molecule has 2 rings (SSSR count). The Morgan fingerprint density at radius 3 is 2.76 bits per heavy atom. The van der Waals surface area contributed by atoms with Crippen LogP contribution in [0.1, 0.15) is 12.5 Å². The van der Waals surface area contributed by atoms with Gasteiger partial charge in [0.05, 0.1) is 4.90 Å². The number of hydrogen-bond acceptors (Lipinski definition) is 5. The van der Waals surface area contributed by atoms with Gasteiger partial charge in [0.2, 0.25) is 5.88 Å². The fraction of sp³-hybridized carbons (Fsp3) is 0.267. The summed E-state index contributed by atoms with van der Waals surface area (Å²) in [5.74, 6) is 0.891. The zero-order chi connectivity index (χ0) is 15.3. The van der Waals surface area contributed by atoms with Crippen LogP contribution in [-0.4, -0.2) is 26.2 Å². The zero-order valence-electron chi connectivity index (χ0n) is 12.0. The molecule has 5 nitrogen and oxygen atoms in total. The predicted molar refractivity (Wildman–Crippen MR) is 81.2 cm³/mol. The van der Waals surface area contributed by atoms with E-state index in [1.807, 2.05) is 19.1 Å². The van der Waals surface area contributed by atoms with Crippen LogP contribution in [0, 0.1) is 0 Å². The summed E-state index contributed by atoms with van der Waals surface area (Å²) in [6.45, 7) is 3.66. The summed E-state index contributed by atoms with van der Waals surface area (Å²) in [7, 11) is -3.25. The second-order valence-corrected chi connectivity index (χ2v) is 6.65. The van der Waals surface area contributed by atoms with Gasteiger partial charge in [0.25, 0.3) is 0 Å². The molecular formula is C15H18N2O3S. The lowest BCUT2D eigenvalue weighted by atomic mass is 10.2. The Bertz CT molecular complexity index is 714. The first kappa shape index (κ1) is 15.5. The molecule has 0 saturated carbocycles. The molecule has 112 valence electrons. The number of rotatable bonds is 6. The Morgan fingerprint density at radius 2 is 2.05 bits per heavy atom. The van der Waals surface area contributed by atoms with Crippen molar-refractivity contribution in [2.45, 2.75) is 18.4 Å². The maximum absolute atomic E-state index is 11.5. The largest absolute Gasteiger partial charge is 0.439 e. The van der Waals surface area contributed by atoms with Crippen LogP contribution in [0.3, 0.4) is 0 Å². The van der Waals surface area contributed by atoms with E-state index in [9.17, 15) is 8.42 Å². The molecule has 0 spiro atoms. The highest BCUT2D eigenvalue weighted by Gasteiger charge is 2.08. The normalized spacial score (nSPS) is 11.3. The summed E-state index contributed by atoms with van der Waals surface area (Å²) in [5.41, 5.74) is 1.06. The van der Waals surface area contributed by atoms with Crippen molar-refractivity contribution in [3.05, 3.63) is 48.2 Å². The van der Waals surface area contributed by atoms with Gasteiger partial charge < -0.3 is 10.1 Å². The number of hydrogen-bond donors (Lipinski definition) is 1. The molecule has 0 saturated heterocycles. The van der Waals surface area contributed by atoms with Crippen LogP contribution >= 0.6 is 0 Å². The Kier molecular flexibility index (Phi) is 4.93. The minimum absolute atomic E-state index is 0.226. The molecule has 0 radical (unpaired) electrons. The molecule has 0 aliphatic carbocycles. The molecule has 0 amide bonds. The van der Waals surface area contributed by atoms with Crippen LogP contribution in [0.2, 0.25) is 0 Å². The number of ether oxygens (including phenoxy) is 1. The van der Waals surface area contributed by atoms with Crippen molar-refractivity contribution in [2.24, 2.45) is 0 Å². The third-order valence-electron chi connectivity index (χ3n) is 2.83. The van der Waals surface area contributed by atoms with Gasteiger partial charge in [0.1, 0.15) is 5.75 Å². The summed E-state index contributed by atoms with van der Waals surface area (Å²) in [4.78, 5) is 4.36. The van der Waals surface area contributed by atoms with E-state index in [1.54, 1.807) is 18.3 Å². The van der Waals surface area contributed by atoms with Gasteiger partial charge in [-0.25, -0.2) is 13.4 Å².